The van der Waals surface area contributed by atoms with Gasteiger partial charge < -0.3 is 4.74 Å². The van der Waals surface area contributed by atoms with Crippen LogP contribution < -0.4 is 5.43 Å². The maximum atomic E-state index is 9.58. The molecule has 4 rings (SSSR count). The Hall–Kier alpha value is -3.75. The first kappa shape index (κ1) is 18.6. The molecule has 0 unspecified atom stereocenters. The van der Waals surface area contributed by atoms with Crippen LogP contribution in [0.5, 0.6) is 0 Å². The summed E-state index contributed by atoms with van der Waals surface area (Å²) in [6.45, 7) is 2.23. The molecule has 0 saturated carbocycles. The Morgan fingerprint density at radius 2 is 1.72 bits per heavy atom. The maximum absolute atomic E-state index is 9.58. The fourth-order valence-corrected chi connectivity index (χ4v) is 3.56. The summed E-state index contributed by atoms with van der Waals surface area (Å²) in [5.41, 5.74) is 6.01. The number of anilines is 1. The predicted molar refractivity (Wildman–Crippen MR) is 117 cm³/mol. The molecule has 3 aromatic carbocycles. The summed E-state index contributed by atoms with van der Waals surface area (Å²) in [4.78, 5) is 4.44. The SMILES string of the molecule is COCc1cc(C)nc(N/N=C/c2c3ccccc3cc3ccccc23)c1C#N. The van der Waals surface area contributed by atoms with Gasteiger partial charge in [-0.1, -0.05) is 48.5 Å². The van der Waals surface area contributed by atoms with Crippen LogP contribution in [-0.4, -0.2) is 18.3 Å². The van der Waals surface area contributed by atoms with Gasteiger partial charge in [0.15, 0.2) is 5.82 Å². The molecule has 0 radical (unpaired) electrons. The molecular formula is C24H20N4O. The van der Waals surface area contributed by atoms with E-state index in [2.05, 4.69) is 51.9 Å². The summed E-state index contributed by atoms with van der Waals surface area (Å²) in [7, 11) is 1.60. The zero-order valence-corrected chi connectivity index (χ0v) is 16.3. The molecule has 0 amide bonds. The Kier molecular flexibility index (Phi) is 5.19. The number of methoxy groups -OCH3 is 1. The van der Waals surface area contributed by atoms with Gasteiger partial charge in [-0.3, -0.25) is 5.43 Å². The first-order valence-electron chi connectivity index (χ1n) is 9.30. The highest BCUT2D eigenvalue weighted by Gasteiger charge is 2.11. The molecule has 0 bridgehead atoms. The lowest BCUT2D eigenvalue weighted by Crippen LogP contribution is -2.03. The number of fused-ring (bicyclic) bond motifs is 2. The molecule has 0 aliphatic carbocycles. The summed E-state index contributed by atoms with van der Waals surface area (Å²) < 4.78 is 5.21. The predicted octanol–water partition coefficient (Wildman–Crippen LogP) is 5.16. The molecular weight excluding hydrogens is 360 g/mol. The molecule has 1 N–H and O–H groups in total. The van der Waals surface area contributed by atoms with E-state index in [1.54, 1.807) is 13.3 Å². The number of hydrogen-bond acceptors (Lipinski definition) is 5. The number of pyridine rings is 1. The molecule has 5 heteroatoms. The van der Waals surface area contributed by atoms with Crippen LogP contribution in [0, 0.1) is 18.3 Å². The molecule has 142 valence electrons. The molecule has 1 heterocycles. The number of benzene rings is 3. The van der Waals surface area contributed by atoms with Gasteiger partial charge in [-0.2, -0.15) is 10.4 Å². The number of nitrogens with zero attached hydrogens (tertiary/aromatic N) is 3. The van der Waals surface area contributed by atoms with E-state index in [0.717, 1.165) is 38.4 Å². The van der Waals surface area contributed by atoms with Crippen LogP contribution in [-0.2, 0) is 11.3 Å². The molecule has 0 spiro atoms. The van der Waals surface area contributed by atoms with Crippen molar-refractivity contribution in [3.8, 4) is 6.07 Å². The van der Waals surface area contributed by atoms with Gasteiger partial charge in [0.25, 0.3) is 0 Å². The van der Waals surface area contributed by atoms with Crippen LogP contribution in [0.15, 0.2) is 65.8 Å². The number of aryl methyl sites for hydroxylation is 1. The van der Waals surface area contributed by atoms with Gasteiger partial charge in [-0.25, -0.2) is 4.98 Å². The van der Waals surface area contributed by atoms with Crippen LogP contribution >= 0.6 is 0 Å². The van der Waals surface area contributed by atoms with Crippen molar-refractivity contribution in [1.82, 2.24) is 4.98 Å². The molecule has 0 fully saturated rings. The average molecular weight is 380 g/mol. The minimum absolute atomic E-state index is 0.346. The summed E-state index contributed by atoms with van der Waals surface area (Å²) in [6, 6.07) is 22.7. The van der Waals surface area contributed by atoms with Crippen molar-refractivity contribution >= 4 is 33.6 Å². The first-order chi connectivity index (χ1) is 14.2. The Morgan fingerprint density at radius 3 is 2.34 bits per heavy atom. The number of ether oxygens (including phenoxy) is 1. The first-order valence-corrected chi connectivity index (χ1v) is 9.30. The van der Waals surface area contributed by atoms with Gasteiger partial charge in [-0.05, 0) is 40.6 Å². The van der Waals surface area contributed by atoms with Gasteiger partial charge in [0.1, 0.15) is 11.6 Å². The topological polar surface area (TPSA) is 70.3 Å². The second-order valence-electron chi connectivity index (χ2n) is 6.79. The summed E-state index contributed by atoms with van der Waals surface area (Å²) in [5, 5.41) is 18.6. The van der Waals surface area contributed by atoms with Crippen LogP contribution in [0.4, 0.5) is 5.82 Å². The van der Waals surface area contributed by atoms with Crippen LogP contribution in [0.1, 0.15) is 22.4 Å². The molecule has 0 aliphatic rings. The van der Waals surface area contributed by atoms with Crippen LogP contribution in [0.3, 0.4) is 0 Å². The minimum atomic E-state index is 0.346. The van der Waals surface area contributed by atoms with Crippen LogP contribution in [0.25, 0.3) is 21.5 Å². The number of hydrogen-bond donors (Lipinski definition) is 1. The highest BCUT2D eigenvalue weighted by molar-refractivity contribution is 6.13. The van der Waals surface area contributed by atoms with E-state index in [0.29, 0.717) is 18.0 Å². The highest BCUT2D eigenvalue weighted by Crippen LogP contribution is 2.27. The lowest BCUT2D eigenvalue weighted by Gasteiger charge is -2.10. The molecule has 29 heavy (non-hydrogen) atoms. The summed E-state index contributed by atoms with van der Waals surface area (Å²) in [6.07, 6.45) is 1.80. The van der Waals surface area contributed by atoms with Crippen molar-refractivity contribution in [1.29, 1.82) is 5.26 Å². The molecule has 0 saturated heterocycles. The third-order valence-electron chi connectivity index (χ3n) is 4.82. The lowest BCUT2D eigenvalue weighted by atomic mass is 9.97. The summed E-state index contributed by atoms with van der Waals surface area (Å²) in [5.74, 6) is 0.431. The smallest absolute Gasteiger partial charge is 0.164 e. The van der Waals surface area contributed by atoms with Gasteiger partial charge in [0, 0.05) is 23.9 Å². The standard InChI is InChI=1S/C24H20N4O/c1-16-11-19(15-29-2)22(13-25)24(27-16)28-26-14-23-20-9-5-3-7-17(20)12-18-8-4-6-10-21(18)23/h3-12,14H,15H2,1-2H3,(H,27,28)/b26-14+. The highest BCUT2D eigenvalue weighted by atomic mass is 16.5. The number of hydrazone groups is 1. The zero-order valence-electron chi connectivity index (χ0n) is 16.3. The van der Waals surface area contributed by atoms with Crippen molar-refractivity contribution in [3.05, 3.63) is 83.0 Å². The van der Waals surface area contributed by atoms with E-state index in [1.165, 1.54) is 0 Å². The van der Waals surface area contributed by atoms with E-state index in [9.17, 15) is 5.26 Å². The van der Waals surface area contributed by atoms with E-state index in [4.69, 9.17) is 4.74 Å². The Morgan fingerprint density at radius 1 is 1.07 bits per heavy atom. The van der Waals surface area contributed by atoms with E-state index in [1.807, 2.05) is 37.3 Å². The fourth-order valence-electron chi connectivity index (χ4n) is 3.56. The fraction of sp³-hybridized carbons (Fsp3) is 0.125. The van der Waals surface area contributed by atoms with Gasteiger partial charge in [-0.15, -0.1) is 0 Å². The number of aromatic nitrogens is 1. The van der Waals surface area contributed by atoms with E-state index < -0.39 is 0 Å². The number of nitriles is 1. The number of rotatable bonds is 5. The van der Waals surface area contributed by atoms with Crippen molar-refractivity contribution < 1.29 is 4.74 Å². The molecule has 0 atom stereocenters. The normalized spacial score (nSPS) is 11.2. The Bertz CT molecular complexity index is 1220. The van der Waals surface area contributed by atoms with Crippen molar-refractivity contribution in [2.45, 2.75) is 13.5 Å². The second-order valence-corrected chi connectivity index (χ2v) is 6.79. The lowest BCUT2D eigenvalue weighted by molar-refractivity contribution is 0.184. The average Bonchev–Trinajstić information content (AvgIpc) is 2.73. The van der Waals surface area contributed by atoms with Crippen LogP contribution in [0.2, 0.25) is 0 Å². The number of nitrogens with one attached hydrogen (secondary N) is 1. The van der Waals surface area contributed by atoms with E-state index in [-0.39, 0.29) is 0 Å². The van der Waals surface area contributed by atoms with Crippen molar-refractivity contribution in [2.24, 2.45) is 5.10 Å². The van der Waals surface area contributed by atoms with Gasteiger partial charge >= 0.3 is 0 Å². The molecule has 4 aromatic rings. The Labute approximate surface area is 169 Å². The third kappa shape index (κ3) is 3.66. The van der Waals surface area contributed by atoms with Gasteiger partial charge in [0.05, 0.1) is 12.8 Å². The molecule has 0 aliphatic heterocycles. The van der Waals surface area contributed by atoms with Gasteiger partial charge in [0.2, 0.25) is 0 Å². The van der Waals surface area contributed by atoms with Crippen molar-refractivity contribution in [3.63, 3.8) is 0 Å². The summed E-state index contributed by atoms with van der Waals surface area (Å²) >= 11 is 0. The third-order valence-corrected chi connectivity index (χ3v) is 4.82. The maximum Gasteiger partial charge on any atom is 0.164 e. The quantitative estimate of drug-likeness (QED) is 0.295. The zero-order chi connectivity index (χ0) is 20.2. The monoisotopic (exact) mass is 380 g/mol. The molecule has 1 aromatic heterocycles. The van der Waals surface area contributed by atoms with Crippen molar-refractivity contribution in [2.75, 3.05) is 12.5 Å². The Balaban J connectivity index is 1.77. The minimum Gasteiger partial charge on any atom is -0.380 e. The second kappa shape index (κ2) is 8.09. The van der Waals surface area contributed by atoms with E-state index >= 15 is 0 Å². The molecule has 5 nitrogen and oxygen atoms in total. The largest absolute Gasteiger partial charge is 0.380 e.